The molecule has 0 aromatic carbocycles. The fourth-order valence-electron chi connectivity index (χ4n) is 3.06. The lowest BCUT2D eigenvalue weighted by atomic mass is 10.0. The van der Waals surface area contributed by atoms with Crippen LogP contribution in [0.1, 0.15) is 28.9 Å². The molecular formula is C16H22N2O4S. The third kappa shape index (κ3) is 4.38. The van der Waals surface area contributed by atoms with E-state index in [4.69, 9.17) is 9.47 Å². The summed E-state index contributed by atoms with van der Waals surface area (Å²) in [7, 11) is 0. The van der Waals surface area contributed by atoms with Crippen molar-refractivity contribution >= 4 is 23.0 Å². The summed E-state index contributed by atoms with van der Waals surface area (Å²) < 4.78 is 11.2. The van der Waals surface area contributed by atoms with Gasteiger partial charge in [-0.3, -0.25) is 14.5 Å². The van der Waals surface area contributed by atoms with E-state index in [2.05, 4.69) is 10.2 Å². The predicted octanol–water partition coefficient (Wildman–Crippen LogP) is 1.27. The molecule has 23 heavy (non-hydrogen) atoms. The molecule has 1 atom stereocenters. The van der Waals surface area contributed by atoms with Gasteiger partial charge in [-0.05, 0) is 30.8 Å². The molecule has 0 bridgehead atoms. The van der Waals surface area contributed by atoms with Crippen molar-refractivity contribution in [1.82, 2.24) is 10.2 Å². The van der Waals surface area contributed by atoms with Gasteiger partial charge in [0.1, 0.15) is 0 Å². The smallest absolute Gasteiger partial charge is 0.234 e. The second-order valence-electron chi connectivity index (χ2n) is 5.82. The van der Waals surface area contributed by atoms with Crippen LogP contribution >= 0.6 is 11.3 Å². The van der Waals surface area contributed by atoms with Gasteiger partial charge >= 0.3 is 0 Å². The van der Waals surface area contributed by atoms with Crippen LogP contribution in [0.5, 0.6) is 0 Å². The Labute approximate surface area is 139 Å². The number of Topliss-reactive ketones (excluding diaryl/α,β-unsaturated/α-hetero) is 1. The molecule has 1 unspecified atom stereocenters. The number of nitrogens with zero attached hydrogens (tertiary/aromatic N) is 1. The van der Waals surface area contributed by atoms with Crippen LogP contribution in [0.2, 0.25) is 0 Å². The molecule has 7 heteroatoms. The number of carbonyl (C=O) groups excluding carboxylic acids is 2. The summed E-state index contributed by atoms with van der Waals surface area (Å²) in [4.78, 5) is 26.9. The summed E-state index contributed by atoms with van der Waals surface area (Å²) in [5.74, 6) is -0.175. The molecule has 2 saturated heterocycles. The standard InChI is InChI=1S/C16H22N2O4S/c19-13(14-5-3-9-23-14)10-17-15(20)11-18-6-2-1-4-12(18)16-21-7-8-22-16/h3,5,9,12,16H,1-2,4,6-8,10-11H2,(H,17,20). The number of piperidine rings is 1. The minimum absolute atomic E-state index is 0.0499. The Bertz CT molecular complexity index is 528. The highest BCUT2D eigenvalue weighted by Gasteiger charge is 2.34. The van der Waals surface area contributed by atoms with E-state index in [1.165, 1.54) is 11.3 Å². The highest BCUT2D eigenvalue weighted by Crippen LogP contribution is 2.24. The maximum atomic E-state index is 12.2. The van der Waals surface area contributed by atoms with Crippen molar-refractivity contribution in [3.8, 4) is 0 Å². The van der Waals surface area contributed by atoms with Gasteiger partial charge in [0.15, 0.2) is 12.1 Å². The Morgan fingerprint density at radius 1 is 1.30 bits per heavy atom. The summed E-state index contributed by atoms with van der Waals surface area (Å²) in [6.07, 6.45) is 2.95. The molecule has 2 fully saturated rings. The fraction of sp³-hybridized carbons (Fsp3) is 0.625. The SMILES string of the molecule is O=C(CN1CCCCC1C1OCCO1)NCC(=O)c1cccs1. The van der Waals surface area contributed by atoms with Crippen LogP contribution in [0.4, 0.5) is 0 Å². The van der Waals surface area contributed by atoms with E-state index in [-0.39, 0.29) is 37.1 Å². The van der Waals surface area contributed by atoms with Gasteiger partial charge in [-0.1, -0.05) is 12.5 Å². The number of likely N-dealkylation sites (tertiary alicyclic amines) is 1. The lowest BCUT2D eigenvalue weighted by molar-refractivity contribution is -0.131. The predicted molar refractivity (Wildman–Crippen MR) is 86.6 cm³/mol. The van der Waals surface area contributed by atoms with Gasteiger partial charge in [0.25, 0.3) is 0 Å². The molecule has 3 rings (SSSR count). The lowest BCUT2D eigenvalue weighted by Crippen LogP contribution is -2.51. The molecular weight excluding hydrogens is 316 g/mol. The molecule has 3 heterocycles. The van der Waals surface area contributed by atoms with Crippen molar-refractivity contribution < 1.29 is 19.1 Å². The number of nitrogens with one attached hydrogen (secondary N) is 1. The van der Waals surface area contributed by atoms with Gasteiger partial charge in [-0.15, -0.1) is 11.3 Å². The molecule has 6 nitrogen and oxygen atoms in total. The summed E-state index contributed by atoms with van der Waals surface area (Å²) in [5, 5.41) is 4.58. The maximum Gasteiger partial charge on any atom is 0.234 e. The molecule has 1 N–H and O–H groups in total. The first-order valence-corrected chi connectivity index (χ1v) is 8.92. The van der Waals surface area contributed by atoms with Crippen LogP contribution in [0.25, 0.3) is 0 Å². The lowest BCUT2D eigenvalue weighted by Gasteiger charge is -2.37. The minimum atomic E-state index is -0.226. The molecule has 0 radical (unpaired) electrons. The van der Waals surface area contributed by atoms with Crippen molar-refractivity contribution in [1.29, 1.82) is 0 Å². The Kier molecular flexibility index (Phi) is 5.77. The van der Waals surface area contributed by atoms with E-state index >= 15 is 0 Å². The van der Waals surface area contributed by atoms with Crippen molar-refractivity contribution in [3.63, 3.8) is 0 Å². The third-order valence-corrected chi connectivity index (χ3v) is 5.13. The number of rotatable bonds is 6. The monoisotopic (exact) mass is 338 g/mol. The van der Waals surface area contributed by atoms with Crippen molar-refractivity contribution in [3.05, 3.63) is 22.4 Å². The largest absolute Gasteiger partial charge is 0.349 e. The second kappa shape index (κ2) is 8.01. The van der Waals surface area contributed by atoms with E-state index in [1.54, 1.807) is 6.07 Å². The van der Waals surface area contributed by atoms with Gasteiger partial charge in [0.05, 0.1) is 37.2 Å². The summed E-state index contributed by atoms with van der Waals surface area (Å²) in [6, 6.07) is 3.74. The first-order valence-electron chi connectivity index (χ1n) is 8.05. The quantitative estimate of drug-likeness (QED) is 0.791. The topological polar surface area (TPSA) is 67.9 Å². The molecule has 0 saturated carbocycles. The molecule has 0 spiro atoms. The molecule has 1 aromatic heterocycles. The average Bonchev–Trinajstić information content (AvgIpc) is 3.26. The number of hydrogen-bond acceptors (Lipinski definition) is 6. The number of carbonyl (C=O) groups is 2. The number of hydrogen-bond donors (Lipinski definition) is 1. The van der Waals surface area contributed by atoms with Crippen LogP contribution < -0.4 is 5.32 Å². The molecule has 2 aliphatic heterocycles. The van der Waals surface area contributed by atoms with Gasteiger partial charge in [-0.25, -0.2) is 0 Å². The normalized spacial score (nSPS) is 23.0. The first-order chi connectivity index (χ1) is 11.2. The fourth-order valence-corrected chi connectivity index (χ4v) is 3.73. The maximum absolute atomic E-state index is 12.2. The third-order valence-electron chi connectivity index (χ3n) is 4.21. The zero-order chi connectivity index (χ0) is 16.1. The molecule has 126 valence electrons. The van der Waals surface area contributed by atoms with Crippen LogP contribution in [-0.2, 0) is 14.3 Å². The van der Waals surface area contributed by atoms with E-state index < -0.39 is 0 Å². The van der Waals surface area contributed by atoms with Crippen LogP contribution in [0.3, 0.4) is 0 Å². The van der Waals surface area contributed by atoms with E-state index in [9.17, 15) is 9.59 Å². The second-order valence-corrected chi connectivity index (χ2v) is 6.77. The van der Waals surface area contributed by atoms with Gasteiger partial charge < -0.3 is 14.8 Å². The molecule has 0 aliphatic carbocycles. The van der Waals surface area contributed by atoms with Crippen molar-refractivity contribution in [2.75, 3.05) is 32.8 Å². The Hall–Kier alpha value is -1.28. The average molecular weight is 338 g/mol. The highest BCUT2D eigenvalue weighted by molar-refractivity contribution is 7.12. The highest BCUT2D eigenvalue weighted by atomic mass is 32.1. The van der Waals surface area contributed by atoms with Gasteiger partial charge in [0, 0.05) is 0 Å². The van der Waals surface area contributed by atoms with E-state index in [0.717, 1.165) is 25.8 Å². The number of thiophene rings is 1. The zero-order valence-corrected chi connectivity index (χ0v) is 13.8. The number of ketones is 1. The molecule has 1 aromatic rings. The summed E-state index contributed by atoms with van der Waals surface area (Å²) in [5.41, 5.74) is 0. The van der Waals surface area contributed by atoms with Gasteiger partial charge in [0.2, 0.25) is 5.91 Å². The van der Waals surface area contributed by atoms with Crippen LogP contribution in [-0.4, -0.2) is 61.8 Å². The summed E-state index contributed by atoms with van der Waals surface area (Å²) in [6.45, 7) is 2.44. The van der Waals surface area contributed by atoms with Crippen LogP contribution in [0.15, 0.2) is 17.5 Å². The molecule has 1 amide bonds. The minimum Gasteiger partial charge on any atom is -0.349 e. The van der Waals surface area contributed by atoms with Crippen molar-refractivity contribution in [2.24, 2.45) is 0 Å². The first kappa shape index (κ1) is 16.6. The van der Waals surface area contributed by atoms with E-state index in [0.29, 0.717) is 18.1 Å². The Balaban J connectivity index is 1.48. The van der Waals surface area contributed by atoms with Gasteiger partial charge in [-0.2, -0.15) is 0 Å². The van der Waals surface area contributed by atoms with E-state index in [1.807, 2.05) is 11.4 Å². The Morgan fingerprint density at radius 3 is 2.87 bits per heavy atom. The number of ether oxygens (including phenoxy) is 2. The zero-order valence-electron chi connectivity index (χ0n) is 13.0. The van der Waals surface area contributed by atoms with Crippen molar-refractivity contribution in [2.45, 2.75) is 31.6 Å². The van der Waals surface area contributed by atoms with Crippen LogP contribution in [0, 0.1) is 0 Å². The Morgan fingerprint density at radius 2 is 2.13 bits per heavy atom. The number of amides is 1. The summed E-state index contributed by atoms with van der Waals surface area (Å²) >= 11 is 1.39. The molecule has 2 aliphatic rings.